The number of primary amides is 1. The number of aliphatic hydroxyl groups is 3. The van der Waals surface area contributed by atoms with Gasteiger partial charge in [0, 0.05) is 29.5 Å². The molecule has 0 spiro atoms. The third kappa shape index (κ3) is 4.40. The Morgan fingerprint density at radius 2 is 1.75 bits per heavy atom. The van der Waals surface area contributed by atoms with Crippen molar-refractivity contribution in [3.05, 3.63) is 45.9 Å². The maximum absolute atomic E-state index is 14.2. The van der Waals surface area contributed by atoms with Gasteiger partial charge in [-0.3, -0.25) is 28.9 Å². The monoisotopic (exact) mass is 611 g/mol. The molecule has 0 unspecified atom stereocenters. The maximum atomic E-state index is 14.2. The van der Waals surface area contributed by atoms with Gasteiger partial charge < -0.3 is 36.2 Å². The lowest BCUT2D eigenvalue weighted by Gasteiger charge is -2.54. The molecule has 0 aromatic heterocycles. The van der Waals surface area contributed by atoms with E-state index in [-0.39, 0.29) is 35.1 Å². The zero-order chi connectivity index (χ0) is 32.4. The highest BCUT2D eigenvalue weighted by Gasteiger charge is 2.68. The van der Waals surface area contributed by atoms with E-state index in [0.29, 0.717) is 12.8 Å². The maximum Gasteiger partial charge on any atom is 0.305 e. The lowest BCUT2D eigenvalue weighted by molar-refractivity contribution is -0.180. The summed E-state index contributed by atoms with van der Waals surface area (Å²) < 4.78 is 5.86. The number of Topliss-reactive ketones (excluding diaryl/α,β-unsaturated/α-hetero) is 2. The van der Waals surface area contributed by atoms with E-state index in [0.717, 1.165) is 12.8 Å². The first kappa shape index (κ1) is 31.2. The lowest BCUT2D eigenvalue weighted by atomic mass is 9.55. The predicted octanol–water partition coefficient (Wildman–Crippen LogP) is 1.74. The van der Waals surface area contributed by atoms with Gasteiger partial charge in [-0.15, -0.1) is 0 Å². The average molecular weight is 612 g/mol. The molecular formula is C31H37N3O10. The molecule has 4 aliphatic rings. The molecule has 13 heteroatoms. The highest BCUT2D eigenvalue weighted by Crippen LogP contribution is 2.57. The fourth-order valence-electron chi connectivity index (χ4n) is 7.58. The molecule has 2 amide bonds. The Kier molecular flexibility index (Phi) is 7.83. The van der Waals surface area contributed by atoms with Crippen LogP contribution in [0.5, 0.6) is 5.75 Å². The Balaban J connectivity index is 1.78. The predicted molar refractivity (Wildman–Crippen MR) is 155 cm³/mol. The summed E-state index contributed by atoms with van der Waals surface area (Å²) >= 11 is 0. The van der Waals surface area contributed by atoms with Crippen molar-refractivity contribution < 1.29 is 49.1 Å². The van der Waals surface area contributed by atoms with Crippen LogP contribution in [0.1, 0.15) is 67.8 Å². The first-order valence-corrected chi connectivity index (χ1v) is 14.7. The molecule has 44 heavy (non-hydrogen) atoms. The first-order valence-electron chi connectivity index (χ1n) is 14.7. The summed E-state index contributed by atoms with van der Waals surface area (Å²) in [7, 11) is 2.95. The van der Waals surface area contributed by atoms with Crippen molar-refractivity contribution >= 4 is 35.0 Å². The van der Waals surface area contributed by atoms with E-state index < -0.39 is 87.4 Å². The third-order valence-corrected chi connectivity index (χ3v) is 9.62. The van der Waals surface area contributed by atoms with E-state index in [4.69, 9.17) is 10.5 Å². The van der Waals surface area contributed by atoms with Crippen molar-refractivity contribution in [2.45, 2.75) is 69.6 Å². The Labute approximate surface area is 253 Å². The number of carbonyl (C=O) groups excluding carboxylic acids is 5. The van der Waals surface area contributed by atoms with Crippen LogP contribution >= 0.6 is 0 Å². The molecule has 0 aliphatic heterocycles. The Morgan fingerprint density at radius 1 is 1.11 bits per heavy atom. The number of nitrogens with one attached hydrogen (secondary N) is 1. The summed E-state index contributed by atoms with van der Waals surface area (Å²) in [5, 5.41) is 48.7. The van der Waals surface area contributed by atoms with Crippen molar-refractivity contribution in [1.29, 1.82) is 0 Å². The number of aromatic hydroxyl groups is 1. The minimum Gasteiger partial charge on any atom is -0.510 e. The summed E-state index contributed by atoms with van der Waals surface area (Å²) in [4.78, 5) is 67.7. The third-order valence-electron chi connectivity index (χ3n) is 9.62. The number of nitrogens with two attached hydrogens (primary N) is 1. The number of likely N-dealkylation sites (N-methyl/N-ethyl adjacent to an activating group) is 1. The number of benzene rings is 1. The van der Waals surface area contributed by atoms with Gasteiger partial charge in [0.1, 0.15) is 28.9 Å². The van der Waals surface area contributed by atoms with Gasteiger partial charge in [-0.1, -0.05) is 26.7 Å². The number of rotatable bonds is 6. The fourth-order valence-corrected chi connectivity index (χ4v) is 7.58. The summed E-state index contributed by atoms with van der Waals surface area (Å²) in [6, 6.07) is 1.31. The molecule has 0 saturated heterocycles. The van der Waals surface area contributed by atoms with Crippen molar-refractivity contribution in [2.24, 2.45) is 23.5 Å². The van der Waals surface area contributed by atoms with Crippen LogP contribution in [0.15, 0.2) is 34.8 Å². The first-order chi connectivity index (χ1) is 20.7. The molecule has 0 radical (unpaired) electrons. The number of ketones is 2. The summed E-state index contributed by atoms with van der Waals surface area (Å²) in [6.07, 6.45) is 1.61. The molecular weight excluding hydrogens is 574 g/mol. The topological polar surface area (TPSA) is 217 Å². The van der Waals surface area contributed by atoms with E-state index in [2.05, 4.69) is 5.32 Å². The minimum atomic E-state index is -3.02. The van der Waals surface area contributed by atoms with Gasteiger partial charge in [-0.2, -0.15) is 0 Å². The molecule has 5 rings (SSSR count). The summed E-state index contributed by atoms with van der Waals surface area (Å²) in [6.45, 7) is 3.16. The Bertz CT molecular complexity index is 1540. The minimum absolute atomic E-state index is 0.128. The van der Waals surface area contributed by atoms with E-state index >= 15 is 0 Å². The van der Waals surface area contributed by atoms with Crippen LogP contribution in [0.25, 0.3) is 0 Å². The number of nitrogens with zero attached hydrogens (tertiary/aromatic N) is 1. The molecule has 0 heterocycles. The second-order valence-electron chi connectivity index (χ2n) is 12.3. The zero-order valence-corrected chi connectivity index (χ0v) is 24.9. The molecule has 4 aliphatic carbocycles. The van der Waals surface area contributed by atoms with Crippen molar-refractivity contribution in [1.82, 2.24) is 4.90 Å². The number of amides is 2. The number of esters is 1. The van der Waals surface area contributed by atoms with Crippen LogP contribution in [0.2, 0.25) is 0 Å². The van der Waals surface area contributed by atoms with Gasteiger partial charge in [-0.25, -0.2) is 0 Å². The summed E-state index contributed by atoms with van der Waals surface area (Å²) in [5.41, 5.74) is 1.14. The fraction of sp³-hybridized carbons (Fsp3) is 0.516. The van der Waals surface area contributed by atoms with E-state index in [1.54, 1.807) is 6.92 Å². The highest BCUT2D eigenvalue weighted by atomic mass is 16.5. The zero-order valence-electron chi connectivity index (χ0n) is 24.9. The van der Waals surface area contributed by atoms with Gasteiger partial charge in [-0.05, 0) is 50.6 Å². The molecule has 6 atom stereocenters. The van der Waals surface area contributed by atoms with Gasteiger partial charge >= 0.3 is 5.97 Å². The van der Waals surface area contributed by atoms with Gasteiger partial charge in [0.15, 0.2) is 11.4 Å². The van der Waals surface area contributed by atoms with Gasteiger partial charge in [0.05, 0.1) is 17.5 Å². The standard InChI is InChI=1S/C31H37N3O10/c1-5-16(36)44-26-18-12(2)17-14(33-30(42)13-8-6-7-9-13)10-11-15(35)19(17)24(37)20(18)27(39)31(43)22(26)23(34(3)4)25(38)21(28(31)40)29(32)41/h10-13,18,22-23,26,35,38-39,43H,5-9H2,1-4H3,(H2,32,41)(H,33,42)/t12-,18+,22-,23-,26-,31+/m1/s1. The van der Waals surface area contributed by atoms with Gasteiger partial charge in [0.25, 0.3) is 5.91 Å². The number of fused-ring (bicyclic) bond motifs is 3. The molecule has 0 bridgehead atoms. The van der Waals surface area contributed by atoms with E-state index in [1.807, 2.05) is 0 Å². The second kappa shape index (κ2) is 11.0. The highest BCUT2D eigenvalue weighted by molar-refractivity contribution is 6.25. The molecule has 1 saturated carbocycles. The number of hydrogen-bond acceptors (Lipinski definition) is 11. The summed E-state index contributed by atoms with van der Waals surface area (Å²) in [5.74, 6) is -11.0. The molecule has 1 aromatic carbocycles. The molecule has 1 aromatic rings. The average Bonchev–Trinajstić information content (AvgIpc) is 3.50. The van der Waals surface area contributed by atoms with E-state index in [9.17, 15) is 44.4 Å². The number of phenolic OH excluding ortho intramolecular Hbond substituents is 1. The second-order valence-corrected chi connectivity index (χ2v) is 12.3. The molecule has 13 nitrogen and oxygen atoms in total. The number of aliphatic hydroxyl groups excluding tert-OH is 2. The Morgan fingerprint density at radius 3 is 2.32 bits per heavy atom. The van der Waals surface area contributed by atoms with Crippen LogP contribution in [-0.4, -0.2) is 86.5 Å². The normalized spacial score (nSPS) is 30.2. The van der Waals surface area contributed by atoms with Crippen molar-refractivity contribution in [3.63, 3.8) is 0 Å². The molecule has 7 N–H and O–H groups in total. The smallest absolute Gasteiger partial charge is 0.305 e. The van der Waals surface area contributed by atoms with Crippen LogP contribution in [0, 0.1) is 17.8 Å². The molecule has 236 valence electrons. The Hall–Kier alpha value is -4.23. The SMILES string of the molecule is CCC(=O)O[C@@H]1[C@@H]2C(=C(O)[C@]3(O)C(=O)C(C(N)=O)=C(O)[C@H](N(C)C)[C@H]13)C(=O)c1c(O)ccc(NC(=O)C3CCCC3)c1[C@H]2C. The van der Waals surface area contributed by atoms with Gasteiger partial charge in [0.2, 0.25) is 11.7 Å². The molecule has 1 fully saturated rings. The number of hydrogen-bond donors (Lipinski definition) is 6. The quantitative estimate of drug-likeness (QED) is 0.155. The number of carbonyl (C=O) groups is 5. The largest absolute Gasteiger partial charge is 0.510 e. The number of anilines is 1. The number of phenols is 1. The van der Waals surface area contributed by atoms with E-state index in [1.165, 1.54) is 38.1 Å². The van der Waals surface area contributed by atoms with Crippen LogP contribution in [0.4, 0.5) is 5.69 Å². The number of ether oxygens (including phenoxy) is 1. The van der Waals surface area contributed by atoms with Crippen LogP contribution in [0.3, 0.4) is 0 Å². The van der Waals surface area contributed by atoms with Crippen molar-refractivity contribution in [2.75, 3.05) is 19.4 Å². The van der Waals surface area contributed by atoms with Crippen LogP contribution < -0.4 is 11.1 Å². The van der Waals surface area contributed by atoms with Crippen molar-refractivity contribution in [3.8, 4) is 5.75 Å². The lowest BCUT2D eigenvalue weighted by Crippen LogP contribution is -2.69. The van der Waals surface area contributed by atoms with Crippen LogP contribution in [-0.2, 0) is 23.9 Å².